The van der Waals surface area contributed by atoms with Crippen molar-refractivity contribution in [3.8, 4) is 6.07 Å². The minimum absolute atomic E-state index is 0.115. The lowest BCUT2D eigenvalue weighted by Crippen LogP contribution is -2.14. The molecule has 2 aromatic rings. The van der Waals surface area contributed by atoms with Crippen LogP contribution < -0.4 is 4.90 Å². The predicted octanol–water partition coefficient (Wildman–Crippen LogP) is 3.66. The maximum absolute atomic E-state index is 8.99. The molecule has 0 amide bonds. The van der Waals surface area contributed by atoms with Gasteiger partial charge in [0.25, 0.3) is 0 Å². The minimum atomic E-state index is 0.115. The quantitative estimate of drug-likeness (QED) is 0.833. The molecule has 0 spiro atoms. The summed E-state index contributed by atoms with van der Waals surface area (Å²) in [5.41, 5.74) is 3.36. The Morgan fingerprint density at radius 3 is 2.45 bits per heavy atom. The fraction of sp³-hybridized carbons (Fsp3) is 0.412. The van der Waals surface area contributed by atoms with Gasteiger partial charge in [0.15, 0.2) is 0 Å². The molecule has 0 bridgehead atoms. The number of benzene rings is 1. The summed E-state index contributed by atoms with van der Waals surface area (Å²) >= 11 is 0. The maximum atomic E-state index is 8.99. The van der Waals surface area contributed by atoms with Crippen LogP contribution in [0.4, 0.5) is 5.82 Å². The zero-order valence-corrected chi connectivity index (χ0v) is 12.9. The molecule has 0 saturated heterocycles. The molecular formula is C17H21N3. The summed E-state index contributed by atoms with van der Waals surface area (Å²) < 4.78 is 0. The van der Waals surface area contributed by atoms with Gasteiger partial charge in [-0.3, -0.25) is 0 Å². The van der Waals surface area contributed by atoms with Crippen LogP contribution in [0.5, 0.6) is 0 Å². The normalized spacial score (nSPS) is 11.4. The van der Waals surface area contributed by atoms with Gasteiger partial charge in [-0.25, -0.2) is 4.98 Å². The fourth-order valence-electron chi connectivity index (χ4n) is 2.28. The van der Waals surface area contributed by atoms with Crippen molar-refractivity contribution < 1.29 is 0 Å². The Bertz CT molecular complexity index is 673. The summed E-state index contributed by atoms with van der Waals surface area (Å²) in [6, 6.07) is 10.7. The van der Waals surface area contributed by atoms with E-state index in [0.717, 1.165) is 22.3 Å². The van der Waals surface area contributed by atoms with Crippen LogP contribution in [0, 0.1) is 11.3 Å². The first-order chi connectivity index (χ1) is 9.32. The second-order valence-electron chi connectivity index (χ2n) is 6.36. The summed E-state index contributed by atoms with van der Waals surface area (Å²) in [4.78, 5) is 6.65. The Hall–Kier alpha value is -2.08. The highest BCUT2D eigenvalue weighted by Gasteiger charge is 2.15. The molecule has 2 rings (SSSR count). The lowest BCUT2D eigenvalue weighted by molar-refractivity contribution is 0.591. The van der Waals surface area contributed by atoms with Crippen LogP contribution in [-0.2, 0) is 11.8 Å². The van der Waals surface area contributed by atoms with Gasteiger partial charge in [-0.05, 0) is 29.2 Å². The minimum Gasteiger partial charge on any atom is -0.362 e. The lowest BCUT2D eigenvalue weighted by Gasteiger charge is -2.20. The topological polar surface area (TPSA) is 39.9 Å². The summed E-state index contributed by atoms with van der Waals surface area (Å²) in [6.45, 7) is 6.60. The third kappa shape index (κ3) is 2.75. The number of rotatable bonds is 2. The third-order valence-corrected chi connectivity index (χ3v) is 3.43. The number of nitrogens with zero attached hydrogens (tertiary/aromatic N) is 3. The predicted molar refractivity (Wildman–Crippen MR) is 84.1 cm³/mol. The van der Waals surface area contributed by atoms with Crippen molar-refractivity contribution in [2.24, 2.45) is 0 Å². The van der Waals surface area contributed by atoms with Gasteiger partial charge < -0.3 is 4.90 Å². The number of nitriles is 1. The monoisotopic (exact) mass is 267 g/mol. The van der Waals surface area contributed by atoms with E-state index in [1.54, 1.807) is 0 Å². The first-order valence-corrected chi connectivity index (χ1v) is 6.81. The van der Waals surface area contributed by atoms with Crippen LogP contribution in [-0.4, -0.2) is 19.1 Å². The molecular weight excluding hydrogens is 246 g/mol. The Labute approximate surface area is 120 Å². The largest absolute Gasteiger partial charge is 0.362 e. The molecule has 0 radical (unpaired) electrons. The van der Waals surface area contributed by atoms with Crippen LogP contribution >= 0.6 is 0 Å². The number of hydrogen-bond acceptors (Lipinski definition) is 3. The van der Waals surface area contributed by atoms with Gasteiger partial charge in [0, 0.05) is 25.0 Å². The molecule has 0 N–H and O–H groups in total. The van der Waals surface area contributed by atoms with Gasteiger partial charge in [0.05, 0.1) is 18.0 Å². The Morgan fingerprint density at radius 1 is 1.20 bits per heavy atom. The Kier molecular flexibility index (Phi) is 3.67. The first kappa shape index (κ1) is 14.3. The zero-order chi connectivity index (χ0) is 14.9. The van der Waals surface area contributed by atoms with Crippen molar-refractivity contribution in [2.45, 2.75) is 32.6 Å². The second kappa shape index (κ2) is 5.13. The number of aromatic nitrogens is 1. The van der Waals surface area contributed by atoms with Crippen LogP contribution in [0.2, 0.25) is 0 Å². The van der Waals surface area contributed by atoms with Crippen molar-refractivity contribution in [2.75, 3.05) is 19.0 Å². The summed E-state index contributed by atoms with van der Waals surface area (Å²) in [5.74, 6) is 0.877. The summed E-state index contributed by atoms with van der Waals surface area (Å²) in [5, 5.41) is 10.1. The molecule has 1 heterocycles. The second-order valence-corrected chi connectivity index (χ2v) is 6.36. The van der Waals surface area contributed by atoms with Crippen LogP contribution in [0.25, 0.3) is 10.9 Å². The van der Waals surface area contributed by atoms with E-state index in [4.69, 9.17) is 10.2 Å². The summed E-state index contributed by atoms with van der Waals surface area (Å²) in [6.07, 6.45) is 0.385. The molecule has 3 heteroatoms. The molecule has 0 fully saturated rings. The van der Waals surface area contributed by atoms with E-state index < -0.39 is 0 Å². The highest BCUT2D eigenvalue weighted by Crippen LogP contribution is 2.28. The van der Waals surface area contributed by atoms with Gasteiger partial charge in [0.1, 0.15) is 5.82 Å². The van der Waals surface area contributed by atoms with E-state index in [-0.39, 0.29) is 5.41 Å². The van der Waals surface area contributed by atoms with E-state index in [1.807, 2.05) is 19.0 Å². The molecule has 0 saturated carbocycles. The van der Waals surface area contributed by atoms with Gasteiger partial charge in [-0.1, -0.05) is 26.8 Å². The molecule has 0 aliphatic rings. The number of hydrogen-bond donors (Lipinski definition) is 0. The van der Waals surface area contributed by atoms with Crippen molar-refractivity contribution >= 4 is 16.7 Å². The SMILES string of the molecule is CN(C)c1nc2ccc(C(C)(C)C)cc2cc1CC#N. The van der Waals surface area contributed by atoms with Gasteiger partial charge in [0.2, 0.25) is 0 Å². The molecule has 20 heavy (non-hydrogen) atoms. The van der Waals surface area contributed by atoms with Crippen LogP contribution in [0.3, 0.4) is 0 Å². The van der Waals surface area contributed by atoms with E-state index in [0.29, 0.717) is 6.42 Å². The average Bonchev–Trinajstić information content (AvgIpc) is 2.36. The van der Waals surface area contributed by atoms with Crippen molar-refractivity contribution in [1.29, 1.82) is 5.26 Å². The van der Waals surface area contributed by atoms with E-state index in [1.165, 1.54) is 5.56 Å². The molecule has 0 aliphatic carbocycles. The number of pyridine rings is 1. The van der Waals surface area contributed by atoms with E-state index in [9.17, 15) is 0 Å². The fourth-order valence-corrected chi connectivity index (χ4v) is 2.28. The maximum Gasteiger partial charge on any atom is 0.133 e. The van der Waals surface area contributed by atoms with Crippen molar-refractivity contribution in [3.63, 3.8) is 0 Å². The average molecular weight is 267 g/mol. The molecule has 0 unspecified atom stereocenters. The van der Waals surface area contributed by atoms with Crippen molar-refractivity contribution in [3.05, 3.63) is 35.4 Å². The van der Waals surface area contributed by atoms with E-state index >= 15 is 0 Å². The van der Waals surface area contributed by atoms with Crippen molar-refractivity contribution in [1.82, 2.24) is 4.98 Å². The molecule has 104 valence electrons. The smallest absolute Gasteiger partial charge is 0.133 e. The van der Waals surface area contributed by atoms with Crippen LogP contribution in [0.15, 0.2) is 24.3 Å². The number of anilines is 1. The highest BCUT2D eigenvalue weighted by atomic mass is 15.1. The van der Waals surface area contributed by atoms with E-state index in [2.05, 4.69) is 51.1 Å². The molecule has 3 nitrogen and oxygen atoms in total. The van der Waals surface area contributed by atoms with Gasteiger partial charge >= 0.3 is 0 Å². The highest BCUT2D eigenvalue weighted by molar-refractivity contribution is 5.83. The molecule has 0 aliphatic heterocycles. The summed E-state index contributed by atoms with van der Waals surface area (Å²) in [7, 11) is 3.91. The lowest BCUT2D eigenvalue weighted by atomic mass is 9.86. The van der Waals surface area contributed by atoms with Gasteiger partial charge in [-0.2, -0.15) is 5.26 Å². The first-order valence-electron chi connectivity index (χ1n) is 6.81. The third-order valence-electron chi connectivity index (χ3n) is 3.43. The van der Waals surface area contributed by atoms with Crippen LogP contribution in [0.1, 0.15) is 31.9 Å². The van der Waals surface area contributed by atoms with Gasteiger partial charge in [-0.15, -0.1) is 0 Å². The molecule has 1 aromatic carbocycles. The standard InChI is InChI=1S/C17H21N3/c1-17(2,3)14-6-7-15-13(11-14)10-12(8-9-18)16(19-15)20(4)5/h6-7,10-11H,8H2,1-5H3. The number of fused-ring (bicyclic) bond motifs is 1. The molecule has 1 aromatic heterocycles. The Balaban J connectivity index is 2.66. The Morgan fingerprint density at radius 2 is 1.90 bits per heavy atom. The zero-order valence-electron chi connectivity index (χ0n) is 12.9. The molecule has 0 atom stereocenters.